The van der Waals surface area contributed by atoms with Gasteiger partial charge in [0.25, 0.3) is 0 Å². The second kappa shape index (κ2) is 6.46. The van der Waals surface area contributed by atoms with Crippen LogP contribution >= 0.6 is 11.6 Å². The van der Waals surface area contributed by atoms with Crippen LogP contribution in [0, 0.1) is 0 Å². The molecule has 1 atom stereocenters. The van der Waals surface area contributed by atoms with E-state index in [0.29, 0.717) is 6.61 Å². The third kappa shape index (κ3) is 3.25. The summed E-state index contributed by atoms with van der Waals surface area (Å²) in [5.74, 6) is 1.77. The maximum absolute atomic E-state index is 6.27. The molecule has 110 valence electrons. The molecule has 0 radical (unpaired) electrons. The number of nitrogens with zero attached hydrogens (tertiary/aromatic N) is 3. The lowest BCUT2D eigenvalue weighted by Gasteiger charge is -2.14. The van der Waals surface area contributed by atoms with Gasteiger partial charge in [0.15, 0.2) is 0 Å². The van der Waals surface area contributed by atoms with Crippen LogP contribution in [0.25, 0.3) is 11.0 Å². The first-order valence-corrected chi connectivity index (χ1v) is 7.38. The number of aromatic nitrogens is 2. The summed E-state index contributed by atoms with van der Waals surface area (Å²) >= 11 is 6.27. The lowest BCUT2D eigenvalue weighted by molar-refractivity contribution is 0.340. The van der Waals surface area contributed by atoms with Crippen molar-refractivity contribution in [2.75, 3.05) is 27.2 Å². The van der Waals surface area contributed by atoms with Crippen molar-refractivity contribution in [1.29, 1.82) is 0 Å². The Kier molecular flexibility index (Phi) is 4.89. The second-order valence-corrected chi connectivity index (χ2v) is 5.78. The van der Waals surface area contributed by atoms with Crippen molar-refractivity contribution < 1.29 is 4.74 Å². The largest absolute Gasteiger partial charge is 0.494 e. The van der Waals surface area contributed by atoms with E-state index in [2.05, 4.69) is 34.6 Å². The molecular weight excluding hydrogens is 274 g/mol. The van der Waals surface area contributed by atoms with Gasteiger partial charge in [-0.15, -0.1) is 11.6 Å². The average molecular weight is 296 g/mol. The van der Waals surface area contributed by atoms with Gasteiger partial charge < -0.3 is 14.2 Å². The summed E-state index contributed by atoms with van der Waals surface area (Å²) in [4.78, 5) is 6.82. The van der Waals surface area contributed by atoms with Crippen LogP contribution in [0.3, 0.4) is 0 Å². The van der Waals surface area contributed by atoms with Gasteiger partial charge in [-0.05, 0) is 40.1 Å². The SMILES string of the molecule is CCOc1ccc2c(c1)nc(C(C)Cl)n2CCN(C)C. The summed E-state index contributed by atoms with van der Waals surface area (Å²) in [7, 11) is 4.13. The van der Waals surface area contributed by atoms with E-state index < -0.39 is 0 Å². The van der Waals surface area contributed by atoms with Gasteiger partial charge in [-0.1, -0.05) is 0 Å². The summed E-state index contributed by atoms with van der Waals surface area (Å²) in [6, 6.07) is 6.03. The number of halogens is 1. The van der Waals surface area contributed by atoms with E-state index in [0.717, 1.165) is 35.7 Å². The second-order valence-electron chi connectivity index (χ2n) is 5.12. The van der Waals surface area contributed by atoms with Gasteiger partial charge in [-0.2, -0.15) is 0 Å². The van der Waals surface area contributed by atoms with Gasteiger partial charge in [0.1, 0.15) is 11.6 Å². The number of benzene rings is 1. The predicted octanol–water partition coefficient (Wildman–Crippen LogP) is 3.30. The molecule has 0 amide bonds. The Labute approximate surface area is 125 Å². The number of rotatable bonds is 6. The number of likely N-dealkylation sites (N-methyl/N-ethyl adjacent to an activating group) is 1. The Morgan fingerprint density at radius 1 is 1.40 bits per heavy atom. The highest BCUT2D eigenvalue weighted by Gasteiger charge is 2.15. The van der Waals surface area contributed by atoms with E-state index in [4.69, 9.17) is 16.3 Å². The van der Waals surface area contributed by atoms with Gasteiger partial charge in [0, 0.05) is 19.2 Å². The molecule has 1 heterocycles. The number of hydrogen-bond donors (Lipinski definition) is 0. The van der Waals surface area contributed by atoms with Crippen LogP contribution in [0.5, 0.6) is 5.75 Å². The van der Waals surface area contributed by atoms with Crippen LogP contribution < -0.4 is 4.74 Å². The molecule has 0 N–H and O–H groups in total. The maximum atomic E-state index is 6.27. The molecule has 1 aromatic carbocycles. The van der Waals surface area contributed by atoms with E-state index >= 15 is 0 Å². The van der Waals surface area contributed by atoms with Crippen LogP contribution in [0.2, 0.25) is 0 Å². The molecule has 4 nitrogen and oxygen atoms in total. The van der Waals surface area contributed by atoms with Crippen LogP contribution in [-0.2, 0) is 6.54 Å². The third-order valence-corrected chi connectivity index (χ3v) is 3.38. The lowest BCUT2D eigenvalue weighted by atomic mass is 10.3. The topological polar surface area (TPSA) is 30.3 Å². The Morgan fingerprint density at radius 3 is 2.75 bits per heavy atom. The quantitative estimate of drug-likeness (QED) is 0.766. The Bertz CT molecular complexity index is 578. The highest BCUT2D eigenvalue weighted by atomic mass is 35.5. The predicted molar refractivity (Wildman–Crippen MR) is 83.7 cm³/mol. The highest BCUT2D eigenvalue weighted by Crippen LogP contribution is 2.27. The number of fused-ring (bicyclic) bond motifs is 1. The van der Waals surface area contributed by atoms with E-state index in [-0.39, 0.29) is 5.38 Å². The molecule has 0 aliphatic carbocycles. The monoisotopic (exact) mass is 295 g/mol. The fourth-order valence-electron chi connectivity index (χ4n) is 2.22. The molecule has 0 bridgehead atoms. The van der Waals surface area contributed by atoms with Crippen LogP contribution in [0.4, 0.5) is 0 Å². The van der Waals surface area contributed by atoms with Gasteiger partial charge >= 0.3 is 0 Å². The maximum Gasteiger partial charge on any atom is 0.127 e. The molecule has 5 heteroatoms. The molecule has 0 spiro atoms. The summed E-state index contributed by atoms with van der Waals surface area (Å²) in [5.41, 5.74) is 2.05. The number of alkyl halides is 1. The zero-order valence-electron chi connectivity index (χ0n) is 12.6. The van der Waals surface area contributed by atoms with Crippen molar-refractivity contribution in [2.24, 2.45) is 0 Å². The van der Waals surface area contributed by atoms with E-state index in [9.17, 15) is 0 Å². The molecule has 1 aromatic heterocycles. The minimum atomic E-state index is -0.111. The van der Waals surface area contributed by atoms with E-state index in [1.54, 1.807) is 0 Å². The summed E-state index contributed by atoms with van der Waals surface area (Å²) in [6.45, 7) is 6.43. The van der Waals surface area contributed by atoms with Gasteiger partial charge in [0.05, 0.1) is 23.0 Å². The average Bonchev–Trinajstić information content (AvgIpc) is 2.74. The molecule has 0 aliphatic heterocycles. The van der Waals surface area contributed by atoms with Crippen LogP contribution in [0.1, 0.15) is 25.0 Å². The summed E-state index contributed by atoms with van der Waals surface area (Å²) in [5, 5.41) is -0.111. The van der Waals surface area contributed by atoms with Gasteiger partial charge in [-0.25, -0.2) is 4.98 Å². The standard InChI is InChI=1S/C15H22ClN3O/c1-5-20-12-6-7-14-13(10-12)17-15(11(2)16)19(14)9-8-18(3)4/h6-7,10-11H,5,8-9H2,1-4H3. The summed E-state index contributed by atoms with van der Waals surface area (Å²) < 4.78 is 7.73. The van der Waals surface area contributed by atoms with E-state index in [1.165, 1.54) is 0 Å². The number of ether oxygens (including phenoxy) is 1. The minimum absolute atomic E-state index is 0.111. The summed E-state index contributed by atoms with van der Waals surface area (Å²) in [6.07, 6.45) is 0. The first-order valence-electron chi connectivity index (χ1n) is 6.94. The zero-order chi connectivity index (χ0) is 14.7. The fourth-order valence-corrected chi connectivity index (χ4v) is 2.39. The Hall–Kier alpha value is -1.26. The first-order chi connectivity index (χ1) is 9.52. The van der Waals surface area contributed by atoms with Crippen molar-refractivity contribution in [3.63, 3.8) is 0 Å². The van der Waals surface area contributed by atoms with Crippen molar-refractivity contribution in [3.8, 4) is 5.75 Å². The molecule has 2 rings (SSSR count). The Morgan fingerprint density at radius 2 is 2.15 bits per heavy atom. The minimum Gasteiger partial charge on any atom is -0.494 e. The fraction of sp³-hybridized carbons (Fsp3) is 0.533. The highest BCUT2D eigenvalue weighted by molar-refractivity contribution is 6.20. The number of hydrogen-bond acceptors (Lipinski definition) is 3. The van der Waals surface area contributed by atoms with Crippen molar-refractivity contribution in [1.82, 2.24) is 14.5 Å². The smallest absolute Gasteiger partial charge is 0.127 e. The number of imidazole rings is 1. The van der Waals surface area contributed by atoms with Crippen LogP contribution in [-0.4, -0.2) is 41.7 Å². The zero-order valence-corrected chi connectivity index (χ0v) is 13.3. The molecular formula is C15H22ClN3O. The van der Waals surface area contributed by atoms with E-state index in [1.807, 2.05) is 26.0 Å². The van der Waals surface area contributed by atoms with Crippen LogP contribution in [0.15, 0.2) is 18.2 Å². The Balaban J connectivity index is 2.43. The molecule has 2 aromatic rings. The molecule has 0 aliphatic rings. The lowest BCUT2D eigenvalue weighted by Crippen LogP contribution is -2.19. The molecule has 0 fully saturated rings. The normalized spacial score (nSPS) is 13.1. The first kappa shape index (κ1) is 15.1. The third-order valence-electron chi connectivity index (χ3n) is 3.19. The van der Waals surface area contributed by atoms with Crippen molar-refractivity contribution >= 4 is 22.6 Å². The molecule has 20 heavy (non-hydrogen) atoms. The van der Waals surface area contributed by atoms with Gasteiger partial charge in [0.2, 0.25) is 0 Å². The van der Waals surface area contributed by atoms with Crippen molar-refractivity contribution in [3.05, 3.63) is 24.0 Å². The van der Waals surface area contributed by atoms with Crippen molar-refractivity contribution in [2.45, 2.75) is 25.8 Å². The molecule has 1 unspecified atom stereocenters. The molecule has 0 saturated carbocycles. The molecule has 0 saturated heterocycles. The van der Waals surface area contributed by atoms with Gasteiger partial charge in [-0.3, -0.25) is 0 Å².